The molecule has 0 aliphatic carbocycles. The van der Waals surface area contributed by atoms with Gasteiger partial charge in [0.05, 0.1) is 0 Å². The van der Waals surface area contributed by atoms with Gasteiger partial charge in [0.15, 0.2) is 0 Å². The molecule has 2 unspecified atom stereocenters. The Hall–Kier alpha value is -1.39. The highest BCUT2D eigenvalue weighted by Gasteiger charge is 2.24. The molecular weight excluding hydrogens is 333 g/mol. The smallest absolute Gasteiger partial charge is 0.142 e. The number of nitrogens with two attached hydrogens (primary N) is 1. The van der Waals surface area contributed by atoms with Crippen molar-refractivity contribution in [2.75, 3.05) is 0 Å². The molecule has 0 aliphatic rings. The van der Waals surface area contributed by atoms with E-state index >= 15 is 0 Å². The molecule has 0 heterocycles. The summed E-state index contributed by atoms with van der Waals surface area (Å²) in [7, 11) is 0. The van der Waals surface area contributed by atoms with Crippen molar-refractivity contribution < 1.29 is 9.13 Å². The van der Waals surface area contributed by atoms with Crippen molar-refractivity contribution in [1.29, 1.82) is 0 Å². The van der Waals surface area contributed by atoms with E-state index in [1.807, 2.05) is 32.0 Å². The second-order valence-corrected chi connectivity index (χ2v) is 5.96. The number of benzene rings is 2. The van der Waals surface area contributed by atoms with Crippen molar-refractivity contribution >= 4 is 15.9 Å². The van der Waals surface area contributed by atoms with Gasteiger partial charge < -0.3 is 10.5 Å². The molecule has 0 aromatic heterocycles. The van der Waals surface area contributed by atoms with Gasteiger partial charge in [-0.15, -0.1) is 0 Å². The molecule has 0 saturated carbocycles. The van der Waals surface area contributed by atoms with Crippen molar-refractivity contribution in [3.63, 3.8) is 0 Å². The number of hydrogen-bond donors (Lipinski definition) is 1. The Morgan fingerprint density at radius 3 is 2.62 bits per heavy atom. The van der Waals surface area contributed by atoms with Gasteiger partial charge in [-0.25, -0.2) is 4.39 Å². The first kappa shape index (κ1) is 16.0. The second-order valence-electron chi connectivity index (χ2n) is 5.04. The van der Waals surface area contributed by atoms with Crippen LogP contribution >= 0.6 is 15.9 Å². The lowest BCUT2D eigenvalue weighted by atomic mass is 10.00. The predicted molar refractivity (Wildman–Crippen MR) is 86.9 cm³/mol. The zero-order chi connectivity index (χ0) is 15.4. The molecule has 112 valence electrons. The van der Waals surface area contributed by atoms with E-state index in [2.05, 4.69) is 15.9 Å². The summed E-state index contributed by atoms with van der Waals surface area (Å²) in [5.74, 6) is 0.417. The summed E-state index contributed by atoms with van der Waals surface area (Å²) in [6.45, 7) is 3.92. The highest BCUT2D eigenvalue weighted by Crippen LogP contribution is 2.31. The number of rotatable bonds is 5. The van der Waals surface area contributed by atoms with Crippen molar-refractivity contribution in [3.05, 3.63) is 63.9 Å². The highest BCUT2D eigenvalue weighted by atomic mass is 79.9. The molecule has 0 radical (unpaired) electrons. The van der Waals surface area contributed by atoms with Crippen molar-refractivity contribution in [1.82, 2.24) is 0 Å². The molecule has 21 heavy (non-hydrogen) atoms. The van der Waals surface area contributed by atoms with Gasteiger partial charge in [-0.3, -0.25) is 0 Å². The van der Waals surface area contributed by atoms with E-state index in [1.54, 1.807) is 18.2 Å². The molecule has 2 N–H and O–H groups in total. The molecule has 0 bridgehead atoms. The summed E-state index contributed by atoms with van der Waals surface area (Å²) in [4.78, 5) is 0. The first-order valence-corrected chi connectivity index (χ1v) is 7.75. The summed E-state index contributed by atoms with van der Waals surface area (Å²) >= 11 is 3.43. The van der Waals surface area contributed by atoms with Crippen molar-refractivity contribution in [3.8, 4) is 5.75 Å². The summed E-state index contributed by atoms with van der Waals surface area (Å²) in [5, 5.41) is 0. The van der Waals surface area contributed by atoms with Crippen LogP contribution in [0.4, 0.5) is 4.39 Å². The van der Waals surface area contributed by atoms with E-state index in [0.29, 0.717) is 17.7 Å². The zero-order valence-electron chi connectivity index (χ0n) is 12.1. The highest BCUT2D eigenvalue weighted by molar-refractivity contribution is 9.10. The minimum atomic E-state index is -0.510. The lowest BCUT2D eigenvalue weighted by Crippen LogP contribution is -2.32. The topological polar surface area (TPSA) is 35.2 Å². The van der Waals surface area contributed by atoms with Crippen LogP contribution in [0.25, 0.3) is 0 Å². The van der Waals surface area contributed by atoms with E-state index in [4.69, 9.17) is 10.5 Å². The van der Waals surface area contributed by atoms with Crippen molar-refractivity contribution in [2.24, 2.45) is 5.73 Å². The molecule has 2 atom stereocenters. The van der Waals surface area contributed by atoms with Crippen molar-refractivity contribution in [2.45, 2.75) is 32.4 Å². The quantitative estimate of drug-likeness (QED) is 0.843. The molecule has 2 nitrogen and oxygen atoms in total. The van der Waals surface area contributed by atoms with Gasteiger partial charge in [0.2, 0.25) is 0 Å². The molecule has 0 aliphatic heterocycles. The monoisotopic (exact) mass is 351 g/mol. The lowest BCUT2D eigenvalue weighted by Gasteiger charge is -2.26. The number of aryl methyl sites for hydroxylation is 1. The summed E-state index contributed by atoms with van der Waals surface area (Å²) in [5.41, 5.74) is 7.63. The summed E-state index contributed by atoms with van der Waals surface area (Å²) in [6.07, 6.45) is 0.190. The molecule has 2 rings (SSSR count). The van der Waals surface area contributed by atoms with E-state index in [1.165, 1.54) is 6.07 Å². The van der Waals surface area contributed by atoms with Gasteiger partial charge >= 0.3 is 0 Å². The first-order valence-electron chi connectivity index (χ1n) is 6.95. The summed E-state index contributed by atoms with van der Waals surface area (Å²) < 4.78 is 21.0. The molecule has 0 saturated heterocycles. The van der Waals surface area contributed by atoms with Crippen LogP contribution in [-0.4, -0.2) is 6.04 Å². The Morgan fingerprint density at radius 1 is 1.24 bits per heavy atom. The normalized spacial score (nSPS) is 13.8. The molecule has 0 spiro atoms. The van der Waals surface area contributed by atoms with Crippen LogP contribution in [-0.2, 0) is 0 Å². The summed E-state index contributed by atoms with van der Waals surface area (Å²) in [6, 6.07) is 12.1. The average molecular weight is 352 g/mol. The van der Waals surface area contributed by atoms with Gasteiger partial charge in [-0.05, 0) is 37.1 Å². The Balaban J connectivity index is 2.38. The molecule has 2 aromatic rings. The SMILES string of the molecule is CCC(N)C(Oc1cc(Br)ccc1C)c1ccccc1F. The van der Waals surface area contributed by atoms with Crippen LogP contribution in [0, 0.1) is 12.7 Å². The van der Waals surface area contributed by atoms with E-state index < -0.39 is 6.10 Å². The van der Waals surface area contributed by atoms with E-state index in [9.17, 15) is 4.39 Å². The maximum absolute atomic E-state index is 14.1. The number of halogens is 2. The van der Waals surface area contributed by atoms with Crippen LogP contribution < -0.4 is 10.5 Å². The molecule has 2 aromatic carbocycles. The third-order valence-electron chi connectivity index (χ3n) is 3.48. The van der Waals surface area contributed by atoms with Crippen LogP contribution in [0.5, 0.6) is 5.75 Å². The first-order chi connectivity index (χ1) is 10.0. The number of ether oxygens (including phenoxy) is 1. The van der Waals surface area contributed by atoms with E-state index in [0.717, 1.165) is 10.0 Å². The Kier molecular flexibility index (Phi) is 5.37. The fraction of sp³-hybridized carbons (Fsp3) is 0.294. The largest absolute Gasteiger partial charge is 0.484 e. The Bertz CT molecular complexity index is 617. The fourth-order valence-electron chi connectivity index (χ4n) is 2.14. The number of hydrogen-bond acceptors (Lipinski definition) is 2. The van der Waals surface area contributed by atoms with Crippen LogP contribution in [0.2, 0.25) is 0 Å². The van der Waals surface area contributed by atoms with Gasteiger partial charge in [0.1, 0.15) is 17.7 Å². The Labute approximate surface area is 133 Å². The third-order valence-corrected chi connectivity index (χ3v) is 3.97. The van der Waals surface area contributed by atoms with Crippen LogP contribution in [0.3, 0.4) is 0 Å². The third kappa shape index (κ3) is 3.83. The minimum Gasteiger partial charge on any atom is -0.484 e. The molecular formula is C17H19BrFNO. The lowest BCUT2D eigenvalue weighted by molar-refractivity contribution is 0.165. The molecule has 0 amide bonds. The Morgan fingerprint density at radius 2 is 1.95 bits per heavy atom. The minimum absolute atomic E-state index is 0.278. The van der Waals surface area contributed by atoms with Crippen LogP contribution in [0.1, 0.15) is 30.6 Å². The maximum Gasteiger partial charge on any atom is 0.142 e. The van der Waals surface area contributed by atoms with E-state index in [-0.39, 0.29) is 11.9 Å². The molecule has 0 fully saturated rings. The standard InChI is InChI=1S/C17H19BrFNO/c1-3-15(20)17(13-6-4-5-7-14(13)19)21-16-10-12(18)9-8-11(16)2/h4-10,15,17H,3,20H2,1-2H3. The van der Waals surface area contributed by atoms with Gasteiger partial charge in [0.25, 0.3) is 0 Å². The second kappa shape index (κ2) is 7.05. The zero-order valence-corrected chi connectivity index (χ0v) is 13.7. The predicted octanol–water partition coefficient (Wildman–Crippen LogP) is 4.75. The van der Waals surface area contributed by atoms with Gasteiger partial charge in [-0.2, -0.15) is 0 Å². The average Bonchev–Trinajstić information content (AvgIpc) is 2.48. The molecule has 4 heteroatoms. The van der Waals surface area contributed by atoms with Gasteiger partial charge in [-0.1, -0.05) is 47.1 Å². The fourth-order valence-corrected chi connectivity index (χ4v) is 2.48. The van der Waals surface area contributed by atoms with Gasteiger partial charge in [0, 0.05) is 16.1 Å². The van der Waals surface area contributed by atoms with Crippen LogP contribution in [0.15, 0.2) is 46.9 Å². The maximum atomic E-state index is 14.1.